The summed E-state index contributed by atoms with van der Waals surface area (Å²) in [5, 5.41) is 0. The topological polar surface area (TPSA) is 42.1 Å². The third kappa shape index (κ3) is 3.58. The monoisotopic (exact) mass is 333 g/mol. The van der Waals surface area contributed by atoms with Gasteiger partial charge in [-0.2, -0.15) is 0 Å². The molecule has 1 aromatic carbocycles. The van der Waals surface area contributed by atoms with E-state index >= 15 is 0 Å². The zero-order valence-corrected chi connectivity index (χ0v) is 13.5. The molecular weight excluding hydrogens is 314 g/mol. The second kappa shape index (κ2) is 6.86. The van der Waals surface area contributed by atoms with E-state index in [0.29, 0.717) is 6.54 Å². The van der Waals surface area contributed by atoms with E-state index in [1.807, 2.05) is 6.20 Å². The predicted octanol–water partition coefficient (Wildman–Crippen LogP) is 3.95. The van der Waals surface area contributed by atoms with Gasteiger partial charge in [0.1, 0.15) is 5.82 Å². The van der Waals surface area contributed by atoms with E-state index < -0.39 is 0 Å². The van der Waals surface area contributed by atoms with Gasteiger partial charge in [-0.25, -0.2) is 4.98 Å². The van der Waals surface area contributed by atoms with Crippen molar-refractivity contribution in [3.8, 4) is 0 Å². The van der Waals surface area contributed by atoms with E-state index in [4.69, 9.17) is 5.73 Å². The minimum Gasteiger partial charge on any atom is -0.330 e. The van der Waals surface area contributed by atoms with Gasteiger partial charge in [-0.05, 0) is 72.1 Å². The Morgan fingerprint density at radius 3 is 2.70 bits per heavy atom. The zero-order chi connectivity index (χ0) is 14.5. The van der Waals surface area contributed by atoms with Gasteiger partial charge in [0.05, 0.1) is 0 Å². The van der Waals surface area contributed by atoms with Crippen molar-refractivity contribution < 1.29 is 0 Å². The Hall–Kier alpha value is -1.39. The summed E-state index contributed by atoms with van der Waals surface area (Å²) in [7, 11) is 0. The zero-order valence-electron chi connectivity index (χ0n) is 11.9. The lowest BCUT2D eigenvalue weighted by Crippen LogP contribution is -2.22. The minimum absolute atomic E-state index is 0.678. The van der Waals surface area contributed by atoms with Gasteiger partial charge in [0.2, 0.25) is 0 Å². The number of halogens is 1. The van der Waals surface area contributed by atoms with Crippen LogP contribution >= 0.6 is 15.9 Å². The SMILES string of the molecule is Cc1cccc(N(CCCN)c2cc(C)c(Br)cn2)c1. The Morgan fingerprint density at radius 2 is 2.05 bits per heavy atom. The third-order valence-electron chi connectivity index (χ3n) is 3.21. The van der Waals surface area contributed by atoms with E-state index in [-0.39, 0.29) is 0 Å². The standard InChI is InChI=1S/C16H20BrN3/c1-12-5-3-6-14(9-12)20(8-4-7-18)16-10-13(2)15(17)11-19-16/h3,5-6,9-11H,4,7-8,18H2,1-2H3. The number of hydrogen-bond donors (Lipinski definition) is 1. The van der Waals surface area contributed by atoms with E-state index in [1.54, 1.807) is 0 Å². The van der Waals surface area contributed by atoms with Crippen molar-refractivity contribution in [2.45, 2.75) is 20.3 Å². The van der Waals surface area contributed by atoms with Crippen LogP contribution in [0.25, 0.3) is 0 Å². The lowest BCUT2D eigenvalue weighted by molar-refractivity contribution is 0.809. The van der Waals surface area contributed by atoms with Gasteiger partial charge in [-0.1, -0.05) is 12.1 Å². The Kier molecular flexibility index (Phi) is 5.15. The summed E-state index contributed by atoms with van der Waals surface area (Å²) >= 11 is 3.50. The third-order valence-corrected chi connectivity index (χ3v) is 4.04. The fraction of sp³-hybridized carbons (Fsp3) is 0.312. The molecule has 0 radical (unpaired) electrons. The second-order valence-corrected chi connectivity index (χ2v) is 5.78. The van der Waals surface area contributed by atoms with E-state index in [0.717, 1.165) is 28.9 Å². The van der Waals surface area contributed by atoms with Crippen LogP contribution in [0.15, 0.2) is 41.0 Å². The van der Waals surface area contributed by atoms with Crippen LogP contribution in [0.1, 0.15) is 17.5 Å². The molecule has 2 N–H and O–H groups in total. The van der Waals surface area contributed by atoms with Crippen LogP contribution in [-0.2, 0) is 0 Å². The van der Waals surface area contributed by atoms with Crippen molar-refractivity contribution in [3.05, 3.63) is 52.1 Å². The molecule has 0 aliphatic heterocycles. The van der Waals surface area contributed by atoms with Crippen molar-refractivity contribution in [1.29, 1.82) is 0 Å². The minimum atomic E-state index is 0.678. The lowest BCUT2D eigenvalue weighted by Gasteiger charge is -2.24. The Morgan fingerprint density at radius 1 is 1.25 bits per heavy atom. The fourth-order valence-electron chi connectivity index (χ4n) is 2.09. The van der Waals surface area contributed by atoms with Crippen LogP contribution in [0.2, 0.25) is 0 Å². The summed E-state index contributed by atoms with van der Waals surface area (Å²) in [5.41, 5.74) is 9.25. The average Bonchev–Trinajstić information content (AvgIpc) is 2.43. The summed E-state index contributed by atoms with van der Waals surface area (Å²) in [4.78, 5) is 6.76. The summed E-state index contributed by atoms with van der Waals surface area (Å²) in [6, 6.07) is 10.6. The number of aryl methyl sites for hydroxylation is 2. The summed E-state index contributed by atoms with van der Waals surface area (Å²) in [6.07, 6.45) is 2.79. The molecule has 4 heteroatoms. The first-order valence-electron chi connectivity index (χ1n) is 6.78. The first-order valence-corrected chi connectivity index (χ1v) is 7.57. The normalized spacial score (nSPS) is 10.6. The van der Waals surface area contributed by atoms with Crippen molar-refractivity contribution in [1.82, 2.24) is 4.98 Å². The second-order valence-electron chi connectivity index (χ2n) is 4.92. The molecule has 0 spiro atoms. The van der Waals surface area contributed by atoms with Gasteiger partial charge >= 0.3 is 0 Å². The van der Waals surface area contributed by atoms with Crippen LogP contribution in [0.5, 0.6) is 0 Å². The molecule has 0 atom stereocenters. The maximum atomic E-state index is 5.66. The number of pyridine rings is 1. The number of nitrogens with two attached hydrogens (primary N) is 1. The molecule has 0 saturated heterocycles. The molecule has 0 aliphatic rings. The highest BCUT2D eigenvalue weighted by molar-refractivity contribution is 9.10. The number of rotatable bonds is 5. The summed E-state index contributed by atoms with van der Waals surface area (Å²) in [6.45, 7) is 5.73. The molecule has 2 rings (SSSR count). The van der Waals surface area contributed by atoms with Crippen molar-refractivity contribution in [2.24, 2.45) is 5.73 Å². The van der Waals surface area contributed by atoms with Gasteiger partial charge in [0.25, 0.3) is 0 Å². The highest BCUT2D eigenvalue weighted by Gasteiger charge is 2.11. The van der Waals surface area contributed by atoms with E-state index in [2.05, 4.69) is 70.0 Å². The highest BCUT2D eigenvalue weighted by Crippen LogP contribution is 2.27. The van der Waals surface area contributed by atoms with Crippen LogP contribution in [0, 0.1) is 13.8 Å². The number of hydrogen-bond acceptors (Lipinski definition) is 3. The molecule has 0 unspecified atom stereocenters. The molecule has 106 valence electrons. The maximum Gasteiger partial charge on any atom is 0.133 e. The van der Waals surface area contributed by atoms with Gasteiger partial charge < -0.3 is 10.6 Å². The Balaban J connectivity index is 2.38. The van der Waals surface area contributed by atoms with Gasteiger partial charge in [0.15, 0.2) is 0 Å². The summed E-state index contributed by atoms with van der Waals surface area (Å²) in [5.74, 6) is 0.963. The van der Waals surface area contributed by atoms with Crippen LogP contribution < -0.4 is 10.6 Å². The number of benzene rings is 1. The quantitative estimate of drug-likeness (QED) is 0.900. The fourth-order valence-corrected chi connectivity index (χ4v) is 2.31. The molecular formula is C16H20BrN3. The molecule has 0 bridgehead atoms. The molecule has 0 saturated carbocycles. The highest BCUT2D eigenvalue weighted by atomic mass is 79.9. The number of nitrogens with zero attached hydrogens (tertiary/aromatic N) is 2. The predicted molar refractivity (Wildman–Crippen MR) is 88.5 cm³/mol. The molecule has 2 aromatic rings. The molecule has 1 heterocycles. The maximum absolute atomic E-state index is 5.66. The van der Waals surface area contributed by atoms with Crippen LogP contribution in [0.4, 0.5) is 11.5 Å². The first kappa shape index (κ1) is 15.0. The smallest absolute Gasteiger partial charge is 0.133 e. The largest absolute Gasteiger partial charge is 0.330 e. The summed E-state index contributed by atoms with van der Waals surface area (Å²) < 4.78 is 1.03. The first-order chi connectivity index (χ1) is 9.61. The molecule has 0 fully saturated rings. The molecule has 20 heavy (non-hydrogen) atoms. The Bertz CT molecular complexity index is 584. The van der Waals surface area contributed by atoms with Gasteiger partial charge in [-0.3, -0.25) is 0 Å². The van der Waals surface area contributed by atoms with Crippen LogP contribution in [-0.4, -0.2) is 18.1 Å². The van der Waals surface area contributed by atoms with E-state index in [9.17, 15) is 0 Å². The lowest BCUT2D eigenvalue weighted by atomic mass is 10.2. The van der Waals surface area contributed by atoms with Crippen LogP contribution in [0.3, 0.4) is 0 Å². The van der Waals surface area contributed by atoms with Gasteiger partial charge in [0, 0.05) is 22.9 Å². The molecule has 3 nitrogen and oxygen atoms in total. The average molecular weight is 334 g/mol. The van der Waals surface area contributed by atoms with Crippen molar-refractivity contribution >= 4 is 27.4 Å². The number of anilines is 2. The van der Waals surface area contributed by atoms with E-state index in [1.165, 1.54) is 11.1 Å². The molecule has 0 amide bonds. The Labute approximate surface area is 129 Å². The molecule has 1 aromatic heterocycles. The van der Waals surface area contributed by atoms with Crippen molar-refractivity contribution in [2.75, 3.05) is 18.0 Å². The number of aromatic nitrogens is 1. The van der Waals surface area contributed by atoms with Crippen molar-refractivity contribution in [3.63, 3.8) is 0 Å². The van der Waals surface area contributed by atoms with Gasteiger partial charge in [-0.15, -0.1) is 0 Å². The molecule has 0 aliphatic carbocycles.